The third-order valence-corrected chi connectivity index (χ3v) is 4.95. The molecule has 0 bridgehead atoms. The standard InChI is InChI=1S/C11H15ClN2O2S/c12-10-6-8(7-13)4-5-11(10)17(15,16)14-9-2-1-3-9/h4-6,9,14H,1-3,7,13H2. The van der Waals surface area contributed by atoms with E-state index in [9.17, 15) is 8.42 Å². The summed E-state index contributed by atoms with van der Waals surface area (Å²) in [5, 5.41) is 0.222. The molecule has 1 aliphatic rings. The Balaban J connectivity index is 2.25. The van der Waals surface area contributed by atoms with Crippen molar-refractivity contribution in [1.82, 2.24) is 4.72 Å². The molecule has 1 aliphatic carbocycles. The van der Waals surface area contributed by atoms with E-state index >= 15 is 0 Å². The van der Waals surface area contributed by atoms with E-state index in [4.69, 9.17) is 17.3 Å². The van der Waals surface area contributed by atoms with E-state index in [1.807, 2.05) is 0 Å². The largest absolute Gasteiger partial charge is 0.326 e. The highest BCUT2D eigenvalue weighted by Gasteiger charge is 2.26. The molecule has 0 radical (unpaired) electrons. The van der Waals surface area contributed by atoms with Gasteiger partial charge in [-0.25, -0.2) is 13.1 Å². The first-order chi connectivity index (χ1) is 8.03. The number of nitrogens with two attached hydrogens (primary N) is 1. The van der Waals surface area contributed by atoms with Crippen LogP contribution in [0.1, 0.15) is 24.8 Å². The molecule has 0 atom stereocenters. The lowest BCUT2D eigenvalue weighted by molar-refractivity contribution is 0.383. The molecule has 0 heterocycles. The van der Waals surface area contributed by atoms with E-state index in [0.29, 0.717) is 6.54 Å². The summed E-state index contributed by atoms with van der Waals surface area (Å²) in [6.45, 7) is 0.343. The van der Waals surface area contributed by atoms with Crippen molar-refractivity contribution in [1.29, 1.82) is 0 Å². The van der Waals surface area contributed by atoms with Gasteiger partial charge in [-0.1, -0.05) is 24.1 Å². The van der Waals surface area contributed by atoms with Crippen molar-refractivity contribution in [3.63, 3.8) is 0 Å². The maximum absolute atomic E-state index is 12.0. The van der Waals surface area contributed by atoms with Gasteiger partial charge >= 0.3 is 0 Å². The summed E-state index contributed by atoms with van der Waals surface area (Å²) in [4.78, 5) is 0.128. The predicted molar refractivity (Wildman–Crippen MR) is 67.3 cm³/mol. The minimum atomic E-state index is -3.50. The Morgan fingerprint density at radius 1 is 1.41 bits per heavy atom. The fourth-order valence-corrected chi connectivity index (χ4v) is 3.57. The van der Waals surface area contributed by atoms with Crippen LogP contribution in [0.5, 0.6) is 0 Å². The number of sulfonamides is 1. The second kappa shape index (κ2) is 4.94. The Morgan fingerprint density at radius 2 is 2.12 bits per heavy atom. The van der Waals surface area contributed by atoms with Gasteiger partial charge in [0.15, 0.2) is 0 Å². The van der Waals surface area contributed by atoms with Gasteiger partial charge in [-0.3, -0.25) is 0 Å². The number of halogens is 1. The molecule has 3 N–H and O–H groups in total. The number of nitrogens with one attached hydrogen (secondary N) is 1. The first-order valence-electron chi connectivity index (χ1n) is 5.54. The van der Waals surface area contributed by atoms with E-state index in [1.165, 1.54) is 6.07 Å². The van der Waals surface area contributed by atoms with Crippen LogP contribution in [0, 0.1) is 0 Å². The average molecular weight is 275 g/mol. The van der Waals surface area contributed by atoms with Crippen LogP contribution >= 0.6 is 11.6 Å². The van der Waals surface area contributed by atoms with Gasteiger partial charge in [-0.05, 0) is 30.5 Å². The maximum atomic E-state index is 12.0. The molecule has 1 aromatic rings. The molecule has 4 nitrogen and oxygen atoms in total. The minimum Gasteiger partial charge on any atom is -0.326 e. The van der Waals surface area contributed by atoms with Crippen LogP contribution in [0.25, 0.3) is 0 Å². The lowest BCUT2D eigenvalue weighted by atomic mass is 9.94. The molecule has 1 saturated carbocycles. The average Bonchev–Trinajstić information content (AvgIpc) is 2.23. The number of benzene rings is 1. The van der Waals surface area contributed by atoms with E-state index in [0.717, 1.165) is 24.8 Å². The van der Waals surface area contributed by atoms with Gasteiger partial charge in [0.2, 0.25) is 10.0 Å². The van der Waals surface area contributed by atoms with Crippen molar-refractivity contribution in [2.24, 2.45) is 5.73 Å². The summed E-state index contributed by atoms with van der Waals surface area (Å²) in [7, 11) is -3.50. The number of rotatable bonds is 4. The second-order valence-corrected chi connectivity index (χ2v) is 6.31. The zero-order valence-corrected chi connectivity index (χ0v) is 10.9. The molecule has 0 saturated heterocycles. The lowest BCUT2D eigenvalue weighted by Gasteiger charge is -2.26. The van der Waals surface area contributed by atoms with Crippen LogP contribution in [0.2, 0.25) is 5.02 Å². The fourth-order valence-electron chi connectivity index (χ4n) is 1.70. The highest BCUT2D eigenvalue weighted by Crippen LogP contribution is 2.25. The Hall–Kier alpha value is -0.620. The van der Waals surface area contributed by atoms with E-state index in [-0.39, 0.29) is 16.0 Å². The topological polar surface area (TPSA) is 72.2 Å². The summed E-state index contributed by atoms with van der Waals surface area (Å²) in [5.74, 6) is 0. The van der Waals surface area contributed by atoms with Crippen LogP contribution in [0.15, 0.2) is 23.1 Å². The summed E-state index contributed by atoms with van der Waals surface area (Å²) < 4.78 is 26.7. The quantitative estimate of drug-likeness (QED) is 0.877. The predicted octanol–water partition coefficient (Wildman–Crippen LogP) is 1.63. The van der Waals surface area contributed by atoms with Crippen molar-refractivity contribution >= 4 is 21.6 Å². The van der Waals surface area contributed by atoms with Crippen LogP contribution < -0.4 is 10.5 Å². The zero-order valence-electron chi connectivity index (χ0n) is 9.32. The van der Waals surface area contributed by atoms with Gasteiger partial charge in [-0.15, -0.1) is 0 Å². The van der Waals surface area contributed by atoms with Gasteiger partial charge in [0.25, 0.3) is 0 Å². The Morgan fingerprint density at radius 3 is 2.59 bits per heavy atom. The molecule has 0 amide bonds. The van der Waals surface area contributed by atoms with Gasteiger partial charge in [0.05, 0.1) is 5.02 Å². The van der Waals surface area contributed by atoms with Gasteiger partial charge in [0, 0.05) is 12.6 Å². The SMILES string of the molecule is NCc1ccc(S(=O)(=O)NC2CCC2)c(Cl)c1. The molecule has 0 aromatic heterocycles. The summed E-state index contributed by atoms with van der Waals surface area (Å²) in [6.07, 6.45) is 2.88. The zero-order chi connectivity index (χ0) is 12.5. The van der Waals surface area contributed by atoms with Crippen LogP contribution in [0.4, 0.5) is 0 Å². The molecular formula is C11H15ClN2O2S. The minimum absolute atomic E-state index is 0.0604. The van der Waals surface area contributed by atoms with E-state index in [1.54, 1.807) is 12.1 Å². The molecule has 0 unspecified atom stereocenters. The van der Waals surface area contributed by atoms with Crippen LogP contribution in [0.3, 0.4) is 0 Å². The Bertz CT molecular complexity index is 512. The van der Waals surface area contributed by atoms with Crippen molar-refractivity contribution in [3.05, 3.63) is 28.8 Å². The third kappa shape index (κ3) is 2.80. The van der Waals surface area contributed by atoms with Crippen LogP contribution in [-0.2, 0) is 16.6 Å². The van der Waals surface area contributed by atoms with Crippen molar-refractivity contribution in [3.8, 4) is 0 Å². The molecule has 1 aromatic carbocycles. The highest BCUT2D eigenvalue weighted by atomic mass is 35.5. The Labute approximate surface area is 106 Å². The molecule has 1 fully saturated rings. The third-order valence-electron chi connectivity index (χ3n) is 2.95. The maximum Gasteiger partial charge on any atom is 0.242 e. The summed E-state index contributed by atoms with van der Waals surface area (Å²) in [6, 6.07) is 4.84. The number of hydrogen-bond donors (Lipinski definition) is 2. The molecule has 0 spiro atoms. The molecule has 0 aliphatic heterocycles. The van der Waals surface area contributed by atoms with Crippen molar-refractivity contribution in [2.45, 2.75) is 36.7 Å². The first kappa shape index (κ1) is 12.8. The normalized spacial score (nSPS) is 16.8. The van der Waals surface area contributed by atoms with E-state index in [2.05, 4.69) is 4.72 Å². The Kier molecular flexibility index (Phi) is 3.73. The molecule has 17 heavy (non-hydrogen) atoms. The molecule has 94 valence electrons. The summed E-state index contributed by atoms with van der Waals surface area (Å²) >= 11 is 5.96. The van der Waals surface area contributed by atoms with Crippen LogP contribution in [-0.4, -0.2) is 14.5 Å². The number of hydrogen-bond acceptors (Lipinski definition) is 3. The molecular weight excluding hydrogens is 260 g/mol. The highest BCUT2D eigenvalue weighted by molar-refractivity contribution is 7.89. The molecule has 6 heteroatoms. The second-order valence-electron chi connectivity index (χ2n) is 4.22. The van der Waals surface area contributed by atoms with Crippen molar-refractivity contribution < 1.29 is 8.42 Å². The van der Waals surface area contributed by atoms with Crippen molar-refractivity contribution in [2.75, 3.05) is 0 Å². The first-order valence-corrected chi connectivity index (χ1v) is 7.40. The fraction of sp³-hybridized carbons (Fsp3) is 0.455. The lowest BCUT2D eigenvalue weighted by Crippen LogP contribution is -2.39. The van der Waals surface area contributed by atoms with Gasteiger partial charge < -0.3 is 5.73 Å². The summed E-state index contributed by atoms with van der Waals surface area (Å²) in [5.41, 5.74) is 6.28. The smallest absolute Gasteiger partial charge is 0.242 e. The molecule has 2 rings (SSSR count). The van der Waals surface area contributed by atoms with E-state index < -0.39 is 10.0 Å². The monoisotopic (exact) mass is 274 g/mol. The van der Waals surface area contributed by atoms with Gasteiger partial charge in [-0.2, -0.15) is 0 Å². The van der Waals surface area contributed by atoms with Gasteiger partial charge in [0.1, 0.15) is 4.90 Å².